The number of ether oxygens (including phenoxy) is 2. The van der Waals surface area contributed by atoms with Crippen LogP contribution in [-0.4, -0.2) is 47.4 Å². The second-order valence-corrected chi connectivity index (χ2v) is 6.49. The molecular formula is C20H23N7O3. The van der Waals surface area contributed by atoms with Gasteiger partial charge in [-0.15, -0.1) is 0 Å². The molecule has 0 saturated carbocycles. The summed E-state index contributed by atoms with van der Waals surface area (Å²) in [5.74, 6) is 15.6. The molecule has 6 N–H and O–H groups in total. The lowest BCUT2D eigenvalue weighted by molar-refractivity contribution is -0.139. The fourth-order valence-electron chi connectivity index (χ4n) is 3.05. The minimum absolute atomic E-state index is 0.00542. The zero-order valence-corrected chi connectivity index (χ0v) is 16.3. The van der Waals surface area contributed by atoms with E-state index in [4.69, 9.17) is 27.0 Å². The van der Waals surface area contributed by atoms with Gasteiger partial charge in [0.1, 0.15) is 12.3 Å². The van der Waals surface area contributed by atoms with Gasteiger partial charge in [0.05, 0.1) is 18.4 Å². The second-order valence-electron chi connectivity index (χ2n) is 6.49. The molecule has 1 aromatic heterocycles. The number of pyridine rings is 1. The van der Waals surface area contributed by atoms with Gasteiger partial charge in [0.25, 0.3) is 0 Å². The summed E-state index contributed by atoms with van der Waals surface area (Å²) >= 11 is 0. The molecule has 2 heterocycles. The van der Waals surface area contributed by atoms with Crippen molar-refractivity contribution in [3.63, 3.8) is 0 Å². The minimum atomic E-state index is -0.650. The van der Waals surface area contributed by atoms with Crippen molar-refractivity contribution in [3.05, 3.63) is 65.5 Å². The van der Waals surface area contributed by atoms with E-state index in [2.05, 4.69) is 20.3 Å². The number of aromatic nitrogens is 1. The Morgan fingerprint density at radius 3 is 2.50 bits per heavy atom. The molecule has 0 bridgehead atoms. The van der Waals surface area contributed by atoms with Crippen molar-refractivity contribution in [3.8, 4) is 0 Å². The smallest absolute Gasteiger partial charge is 0.359 e. The summed E-state index contributed by atoms with van der Waals surface area (Å²) in [5, 5.41) is 11.1. The lowest BCUT2D eigenvalue weighted by atomic mass is 10.0. The van der Waals surface area contributed by atoms with Crippen LogP contribution in [0.1, 0.15) is 29.7 Å². The van der Waals surface area contributed by atoms with Crippen molar-refractivity contribution >= 4 is 23.1 Å². The Morgan fingerprint density at radius 2 is 1.87 bits per heavy atom. The maximum atomic E-state index is 12.5. The molecular weight excluding hydrogens is 386 g/mol. The Balaban J connectivity index is 1.67. The maximum Gasteiger partial charge on any atom is 0.359 e. The fourth-order valence-corrected chi connectivity index (χ4v) is 3.05. The first kappa shape index (κ1) is 20.9. The molecule has 10 heteroatoms. The van der Waals surface area contributed by atoms with Gasteiger partial charge in [-0.2, -0.15) is 15.3 Å². The molecule has 1 aromatic carbocycles. The Labute approximate surface area is 173 Å². The van der Waals surface area contributed by atoms with Crippen LogP contribution in [0.25, 0.3) is 0 Å². The summed E-state index contributed by atoms with van der Waals surface area (Å²) < 4.78 is 10.9. The number of carbonyl (C=O) groups is 1. The first-order valence-corrected chi connectivity index (χ1v) is 9.28. The molecule has 30 heavy (non-hydrogen) atoms. The van der Waals surface area contributed by atoms with E-state index in [0.717, 1.165) is 11.3 Å². The van der Waals surface area contributed by atoms with Crippen molar-refractivity contribution < 1.29 is 14.3 Å². The maximum absolute atomic E-state index is 12.5. The third-order valence-corrected chi connectivity index (χ3v) is 4.58. The van der Waals surface area contributed by atoms with Crippen LogP contribution in [0.15, 0.2) is 64.0 Å². The van der Waals surface area contributed by atoms with Crippen molar-refractivity contribution in [2.24, 2.45) is 32.8 Å². The number of esters is 1. The van der Waals surface area contributed by atoms with Gasteiger partial charge >= 0.3 is 5.97 Å². The van der Waals surface area contributed by atoms with Crippen LogP contribution in [0.2, 0.25) is 0 Å². The van der Waals surface area contributed by atoms with Crippen LogP contribution in [-0.2, 0) is 14.3 Å². The number of nitrogens with zero attached hydrogens (tertiary/aromatic N) is 4. The summed E-state index contributed by atoms with van der Waals surface area (Å²) in [6.45, 7) is 0.539. The summed E-state index contributed by atoms with van der Waals surface area (Å²) in [6, 6.07) is 12.3. The normalized spacial score (nSPS) is 18.9. The first-order chi connectivity index (χ1) is 14.7. The first-order valence-electron chi connectivity index (χ1n) is 9.28. The van der Waals surface area contributed by atoms with E-state index in [9.17, 15) is 4.79 Å². The highest BCUT2D eigenvalue weighted by atomic mass is 16.6. The fraction of sp³-hybridized carbons (Fsp3) is 0.250. The van der Waals surface area contributed by atoms with E-state index >= 15 is 0 Å². The molecule has 1 saturated heterocycles. The molecule has 3 rings (SSSR count). The van der Waals surface area contributed by atoms with E-state index in [1.54, 1.807) is 42.6 Å². The number of hydrogen-bond donors (Lipinski definition) is 3. The van der Waals surface area contributed by atoms with Gasteiger partial charge in [-0.05, 0) is 12.1 Å². The average Bonchev–Trinajstić information content (AvgIpc) is 2.80. The van der Waals surface area contributed by atoms with E-state index in [1.165, 1.54) is 0 Å². The quantitative estimate of drug-likeness (QED) is 0.270. The molecule has 1 aliphatic heterocycles. The Hall–Kier alpha value is -3.79. The van der Waals surface area contributed by atoms with Crippen molar-refractivity contribution in [2.45, 2.75) is 18.9 Å². The number of hydrogen-bond acceptors (Lipinski definition) is 10. The van der Waals surface area contributed by atoms with Crippen LogP contribution in [0.3, 0.4) is 0 Å². The summed E-state index contributed by atoms with van der Waals surface area (Å²) in [6.07, 6.45) is 2.55. The zero-order valence-electron chi connectivity index (χ0n) is 16.3. The Bertz CT molecular complexity index is 956. The minimum Gasteiger partial charge on any atom is -0.458 e. The van der Waals surface area contributed by atoms with Crippen molar-refractivity contribution in [1.29, 1.82) is 0 Å². The van der Waals surface area contributed by atoms with Crippen LogP contribution < -0.4 is 17.5 Å². The van der Waals surface area contributed by atoms with Gasteiger partial charge in [0.15, 0.2) is 5.71 Å². The highest BCUT2D eigenvalue weighted by Gasteiger charge is 2.23. The van der Waals surface area contributed by atoms with Crippen LogP contribution in [0.4, 0.5) is 0 Å². The molecule has 0 amide bonds. The van der Waals surface area contributed by atoms with Gasteiger partial charge in [0.2, 0.25) is 0 Å². The number of nitrogens with two attached hydrogens (primary N) is 3. The Morgan fingerprint density at radius 1 is 1.10 bits per heavy atom. The molecule has 0 radical (unpaired) electrons. The molecule has 10 nitrogen and oxygen atoms in total. The predicted octanol–water partition coefficient (Wildman–Crippen LogP) is 0.492. The van der Waals surface area contributed by atoms with E-state index in [0.29, 0.717) is 36.4 Å². The topological polar surface area (TPSA) is 164 Å². The van der Waals surface area contributed by atoms with Gasteiger partial charge in [-0.25, -0.2) is 4.79 Å². The molecule has 0 aliphatic carbocycles. The van der Waals surface area contributed by atoms with Crippen molar-refractivity contribution in [2.75, 3.05) is 13.2 Å². The largest absolute Gasteiger partial charge is 0.458 e. The average molecular weight is 409 g/mol. The third-order valence-electron chi connectivity index (χ3n) is 4.58. The molecule has 0 spiro atoms. The lowest BCUT2D eigenvalue weighted by Gasteiger charge is -2.23. The lowest BCUT2D eigenvalue weighted by Crippen LogP contribution is -2.32. The van der Waals surface area contributed by atoms with Crippen LogP contribution >= 0.6 is 0 Å². The predicted molar refractivity (Wildman–Crippen MR) is 113 cm³/mol. The van der Waals surface area contributed by atoms with Gasteiger partial charge in [-0.3, -0.25) is 4.98 Å². The number of benzene rings is 1. The third kappa shape index (κ3) is 4.97. The van der Waals surface area contributed by atoms with Crippen LogP contribution in [0.5, 0.6) is 0 Å². The molecule has 1 fully saturated rings. The Kier molecular flexibility index (Phi) is 7.06. The molecule has 156 valence electrons. The molecule has 1 atom stereocenters. The van der Waals surface area contributed by atoms with Crippen molar-refractivity contribution in [1.82, 2.24) is 4.98 Å². The van der Waals surface area contributed by atoms with E-state index in [-0.39, 0.29) is 18.4 Å². The number of carbonyl (C=O) groups excluding carboxylic acids is 1. The monoisotopic (exact) mass is 409 g/mol. The highest BCUT2D eigenvalue weighted by molar-refractivity contribution is 6.43. The molecule has 1 aliphatic rings. The summed E-state index contributed by atoms with van der Waals surface area (Å²) in [7, 11) is 0. The van der Waals surface area contributed by atoms with Gasteiger partial charge in [-0.1, -0.05) is 30.3 Å². The SMILES string of the molecule is N/N=C1/CCOC(COC(=O)/C(=N/N)c2ccc(/C(=N\N)c3ccccn3)cc2)C1. The molecule has 2 aromatic rings. The second kappa shape index (κ2) is 10.1. The number of rotatable bonds is 6. The van der Waals surface area contributed by atoms with Crippen LogP contribution in [0, 0.1) is 0 Å². The van der Waals surface area contributed by atoms with Gasteiger partial charge < -0.3 is 27.0 Å². The highest BCUT2D eigenvalue weighted by Crippen LogP contribution is 2.14. The molecule has 1 unspecified atom stereocenters. The van der Waals surface area contributed by atoms with E-state index < -0.39 is 5.97 Å². The summed E-state index contributed by atoms with van der Waals surface area (Å²) in [5.41, 5.74) is 3.20. The van der Waals surface area contributed by atoms with Gasteiger partial charge in [0, 0.05) is 35.9 Å². The summed E-state index contributed by atoms with van der Waals surface area (Å²) in [4.78, 5) is 16.7. The zero-order chi connectivity index (χ0) is 21.3. The number of hydrazone groups is 3. The standard InChI is InChI=1S/C20H23N7O3/c21-25-15-8-10-29-16(11-15)12-30-20(28)19(27-23)14-6-4-13(5-7-14)18(26-22)17-3-1-2-9-24-17/h1-7,9,16H,8,10-12,21-23H2/b25-15-,26-18+,27-19+. The van der Waals surface area contributed by atoms with E-state index in [1.807, 2.05) is 6.07 Å².